The maximum Gasteiger partial charge on any atom is 0.304 e. The van der Waals surface area contributed by atoms with Crippen molar-refractivity contribution < 1.29 is 22.8 Å². The summed E-state index contributed by atoms with van der Waals surface area (Å²) in [6, 6.07) is 2.62. The van der Waals surface area contributed by atoms with Gasteiger partial charge < -0.3 is 5.11 Å². The Hall–Kier alpha value is -1.74. The van der Waals surface area contributed by atoms with E-state index in [0.717, 1.165) is 12.1 Å². The molecular weight excluding hydrogens is 255 g/mol. The smallest absolute Gasteiger partial charge is 0.304 e. The number of aliphatic hydroxyl groups excluding tert-OH is 1. The van der Waals surface area contributed by atoms with Gasteiger partial charge in [0.15, 0.2) is 0 Å². The predicted octanol–water partition coefficient (Wildman–Crippen LogP) is 0.468. The molecule has 9 heteroatoms. The lowest BCUT2D eigenvalue weighted by atomic mass is 10.3. The molecule has 0 amide bonds. The SMILES string of the molecule is O=[N+]([O-])c1ccc(NS(=O)(=O)CCO)cc1F. The number of sulfonamides is 1. The number of hydrogen-bond donors (Lipinski definition) is 2. The van der Waals surface area contributed by atoms with E-state index in [1.165, 1.54) is 0 Å². The number of rotatable bonds is 5. The fourth-order valence-corrected chi connectivity index (χ4v) is 1.90. The summed E-state index contributed by atoms with van der Waals surface area (Å²) >= 11 is 0. The highest BCUT2D eigenvalue weighted by atomic mass is 32.2. The molecule has 0 aliphatic rings. The summed E-state index contributed by atoms with van der Waals surface area (Å²) in [6.45, 7) is -0.579. The third-order valence-corrected chi connectivity index (χ3v) is 3.04. The van der Waals surface area contributed by atoms with Gasteiger partial charge in [-0.25, -0.2) is 8.42 Å². The number of nitrogens with one attached hydrogen (secondary N) is 1. The van der Waals surface area contributed by atoms with Crippen LogP contribution >= 0.6 is 0 Å². The molecule has 0 fully saturated rings. The van der Waals surface area contributed by atoms with E-state index in [1.807, 2.05) is 4.72 Å². The van der Waals surface area contributed by atoms with Gasteiger partial charge in [0.1, 0.15) is 0 Å². The molecule has 1 rings (SSSR count). The lowest BCUT2D eigenvalue weighted by molar-refractivity contribution is -0.387. The van der Waals surface area contributed by atoms with Crippen LogP contribution in [0.15, 0.2) is 18.2 Å². The van der Waals surface area contributed by atoms with Crippen LogP contribution in [0, 0.1) is 15.9 Å². The van der Waals surface area contributed by atoms with E-state index in [-0.39, 0.29) is 5.69 Å². The van der Waals surface area contributed by atoms with Crippen LogP contribution < -0.4 is 4.72 Å². The quantitative estimate of drug-likeness (QED) is 0.593. The summed E-state index contributed by atoms with van der Waals surface area (Å²) in [4.78, 5) is 9.40. The number of hydrogen-bond acceptors (Lipinski definition) is 5. The van der Waals surface area contributed by atoms with Crippen LogP contribution in [0.5, 0.6) is 0 Å². The molecule has 0 spiro atoms. The highest BCUT2D eigenvalue weighted by molar-refractivity contribution is 7.92. The second kappa shape index (κ2) is 5.06. The zero-order valence-electron chi connectivity index (χ0n) is 8.46. The third kappa shape index (κ3) is 3.64. The average Bonchev–Trinajstić information content (AvgIpc) is 2.15. The fraction of sp³-hybridized carbons (Fsp3) is 0.250. The maximum absolute atomic E-state index is 13.1. The van der Waals surface area contributed by atoms with Gasteiger partial charge in [-0.2, -0.15) is 4.39 Å². The van der Waals surface area contributed by atoms with E-state index in [2.05, 4.69) is 0 Å². The Labute approximate surface area is 96.1 Å². The molecule has 1 aromatic carbocycles. The number of aliphatic hydroxyl groups is 1. The van der Waals surface area contributed by atoms with Crippen molar-refractivity contribution >= 4 is 21.4 Å². The van der Waals surface area contributed by atoms with Crippen molar-refractivity contribution in [1.29, 1.82) is 0 Å². The zero-order chi connectivity index (χ0) is 13.1. The molecular formula is C8H9FN2O5S. The van der Waals surface area contributed by atoms with Crippen molar-refractivity contribution in [2.45, 2.75) is 0 Å². The minimum Gasteiger partial charge on any atom is -0.395 e. The Morgan fingerprint density at radius 2 is 2.12 bits per heavy atom. The Kier molecular flexibility index (Phi) is 3.97. The third-order valence-electron chi connectivity index (χ3n) is 1.78. The van der Waals surface area contributed by atoms with Crippen molar-refractivity contribution in [3.05, 3.63) is 34.1 Å². The molecule has 2 N–H and O–H groups in total. The van der Waals surface area contributed by atoms with Gasteiger partial charge in [-0.15, -0.1) is 0 Å². The second-order valence-electron chi connectivity index (χ2n) is 3.07. The van der Waals surface area contributed by atoms with Crippen molar-refractivity contribution in [2.24, 2.45) is 0 Å². The Morgan fingerprint density at radius 1 is 1.47 bits per heavy atom. The molecule has 0 radical (unpaired) electrons. The first-order valence-corrected chi connectivity index (χ1v) is 6.06. The van der Waals surface area contributed by atoms with Crippen LogP contribution in [0.4, 0.5) is 15.8 Å². The maximum atomic E-state index is 13.1. The number of nitro benzene ring substituents is 1. The first-order valence-electron chi connectivity index (χ1n) is 4.41. The van der Waals surface area contributed by atoms with E-state index < -0.39 is 38.8 Å². The monoisotopic (exact) mass is 264 g/mol. The van der Waals surface area contributed by atoms with Crippen LogP contribution in [-0.2, 0) is 10.0 Å². The molecule has 1 aromatic rings. The van der Waals surface area contributed by atoms with Crippen molar-refractivity contribution in [2.75, 3.05) is 17.1 Å². The Morgan fingerprint density at radius 3 is 2.59 bits per heavy atom. The summed E-state index contributed by atoms with van der Waals surface area (Å²) < 4.78 is 37.5. The van der Waals surface area contributed by atoms with E-state index >= 15 is 0 Å². The molecule has 0 heterocycles. The van der Waals surface area contributed by atoms with Gasteiger partial charge in [-0.1, -0.05) is 0 Å². The van der Waals surface area contributed by atoms with Gasteiger partial charge in [-0.3, -0.25) is 14.8 Å². The first kappa shape index (κ1) is 13.3. The molecule has 0 aliphatic heterocycles. The highest BCUT2D eigenvalue weighted by Gasteiger charge is 2.16. The normalized spacial score (nSPS) is 11.2. The van der Waals surface area contributed by atoms with Crippen LogP contribution in [0.3, 0.4) is 0 Å². The minimum absolute atomic E-state index is 0.137. The number of halogens is 1. The number of nitrogens with zero attached hydrogens (tertiary/aromatic N) is 1. The molecule has 0 saturated heterocycles. The molecule has 7 nitrogen and oxygen atoms in total. The van der Waals surface area contributed by atoms with Crippen LogP contribution in [-0.4, -0.2) is 30.8 Å². The largest absolute Gasteiger partial charge is 0.395 e. The summed E-state index contributed by atoms with van der Waals surface area (Å²) in [6.07, 6.45) is 0. The second-order valence-corrected chi connectivity index (χ2v) is 4.91. The number of benzene rings is 1. The first-order chi connectivity index (χ1) is 7.85. The van der Waals surface area contributed by atoms with Crippen molar-refractivity contribution in [1.82, 2.24) is 0 Å². The molecule has 0 atom stereocenters. The summed E-state index contributed by atoms with van der Waals surface area (Å²) in [5, 5.41) is 18.8. The zero-order valence-corrected chi connectivity index (χ0v) is 9.28. The van der Waals surface area contributed by atoms with Gasteiger partial charge >= 0.3 is 5.69 Å². The number of nitro groups is 1. The summed E-state index contributed by atoms with van der Waals surface area (Å²) in [5.41, 5.74) is -0.878. The number of anilines is 1. The average molecular weight is 264 g/mol. The van der Waals surface area contributed by atoms with Crippen LogP contribution in [0.25, 0.3) is 0 Å². The van der Waals surface area contributed by atoms with Crippen LogP contribution in [0.2, 0.25) is 0 Å². The Balaban J connectivity index is 2.96. The van der Waals surface area contributed by atoms with E-state index in [9.17, 15) is 22.9 Å². The van der Waals surface area contributed by atoms with Gasteiger partial charge in [0.2, 0.25) is 15.8 Å². The van der Waals surface area contributed by atoms with Crippen molar-refractivity contribution in [3.8, 4) is 0 Å². The summed E-state index contributed by atoms with van der Waals surface area (Å²) in [5.74, 6) is -1.68. The molecule has 0 saturated carbocycles. The molecule has 0 unspecified atom stereocenters. The minimum atomic E-state index is -3.77. The van der Waals surface area contributed by atoms with Gasteiger partial charge in [-0.05, 0) is 6.07 Å². The lowest BCUT2D eigenvalue weighted by Crippen LogP contribution is -2.18. The molecule has 94 valence electrons. The van der Waals surface area contributed by atoms with E-state index in [1.54, 1.807) is 0 Å². The van der Waals surface area contributed by atoms with Gasteiger partial charge in [0.25, 0.3) is 0 Å². The van der Waals surface area contributed by atoms with Gasteiger partial charge in [0, 0.05) is 12.1 Å². The highest BCUT2D eigenvalue weighted by Crippen LogP contribution is 2.21. The summed E-state index contributed by atoms with van der Waals surface area (Å²) in [7, 11) is -3.77. The molecule has 0 aliphatic carbocycles. The standard InChI is InChI=1S/C8H9FN2O5S/c9-7-5-6(1-2-8(7)11(13)14)10-17(15,16)4-3-12/h1-2,5,10,12H,3-4H2. The van der Waals surface area contributed by atoms with E-state index in [4.69, 9.17) is 5.11 Å². The topological polar surface area (TPSA) is 110 Å². The van der Waals surface area contributed by atoms with Gasteiger partial charge in [0.05, 0.1) is 23.0 Å². The Bertz CT molecular complexity index is 531. The predicted molar refractivity (Wildman–Crippen MR) is 57.5 cm³/mol. The fourth-order valence-electron chi connectivity index (χ4n) is 1.07. The van der Waals surface area contributed by atoms with Crippen LogP contribution in [0.1, 0.15) is 0 Å². The lowest BCUT2D eigenvalue weighted by Gasteiger charge is -2.06. The molecule has 0 bridgehead atoms. The van der Waals surface area contributed by atoms with E-state index in [0.29, 0.717) is 6.07 Å². The van der Waals surface area contributed by atoms with Crippen molar-refractivity contribution in [3.63, 3.8) is 0 Å². The molecule has 17 heavy (non-hydrogen) atoms. The molecule has 0 aromatic heterocycles.